The second-order valence-electron chi connectivity index (χ2n) is 6.50. The molecule has 0 aromatic heterocycles. The molecule has 1 N–H and O–H groups in total. The van der Waals surface area contributed by atoms with Crippen LogP contribution in [0.4, 0.5) is 18.9 Å². The second kappa shape index (κ2) is 7.90. The monoisotopic (exact) mass is 378 g/mol. The van der Waals surface area contributed by atoms with Gasteiger partial charge in [-0.15, -0.1) is 0 Å². The Morgan fingerprint density at radius 3 is 2.59 bits per heavy atom. The van der Waals surface area contributed by atoms with E-state index in [0.717, 1.165) is 30.5 Å². The zero-order valence-corrected chi connectivity index (χ0v) is 14.9. The number of anilines is 1. The highest BCUT2D eigenvalue weighted by atomic mass is 19.4. The van der Waals surface area contributed by atoms with Crippen LogP contribution in [0.1, 0.15) is 24.0 Å². The number of hydrogen-bond donors (Lipinski definition) is 1. The van der Waals surface area contributed by atoms with Crippen molar-refractivity contribution < 1.29 is 22.7 Å². The molecule has 1 aliphatic carbocycles. The lowest BCUT2D eigenvalue weighted by molar-refractivity contribution is -0.137. The fourth-order valence-electron chi connectivity index (χ4n) is 2.91. The number of carbonyl (C=O) groups excluding carboxylic acids is 1. The van der Waals surface area contributed by atoms with Crippen LogP contribution in [0.2, 0.25) is 0 Å². The van der Waals surface area contributed by atoms with E-state index in [0.29, 0.717) is 12.3 Å². The Bertz CT molecular complexity index is 804. The van der Waals surface area contributed by atoms with E-state index in [1.165, 1.54) is 12.1 Å². The third-order valence-electron chi connectivity index (χ3n) is 4.47. The smallest absolute Gasteiger partial charge is 0.416 e. The predicted octanol–water partition coefficient (Wildman–Crippen LogP) is 4.32. The van der Waals surface area contributed by atoms with Crippen LogP contribution in [0.3, 0.4) is 0 Å². The number of nitrogens with zero attached hydrogens (tertiary/aromatic N) is 1. The molecule has 2 aromatic carbocycles. The summed E-state index contributed by atoms with van der Waals surface area (Å²) in [5.41, 5.74) is 0.429. The quantitative estimate of drug-likeness (QED) is 0.780. The van der Waals surface area contributed by atoms with Crippen molar-refractivity contribution >= 4 is 11.6 Å². The minimum Gasteiger partial charge on any atom is -0.496 e. The number of hydrogen-bond acceptors (Lipinski definition) is 3. The Hall–Kier alpha value is -2.70. The van der Waals surface area contributed by atoms with Crippen molar-refractivity contribution in [1.29, 1.82) is 0 Å². The molecule has 0 atom stereocenters. The van der Waals surface area contributed by atoms with Crippen LogP contribution in [-0.2, 0) is 17.5 Å². The Morgan fingerprint density at radius 1 is 1.19 bits per heavy atom. The van der Waals surface area contributed by atoms with Gasteiger partial charge in [0.1, 0.15) is 5.75 Å². The Morgan fingerprint density at radius 2 is 1.93 bits per heavy atom. The molecule has 7 heteroatoms. The zero-order chi connectivity index (χ0) is 19.4. The Labute approximate surface area is 155 Å². The summed E-state index contributed by atoms with van der Waals surface area (Å²) in [6.07, 6.45) is -2.54. The summed E-state index contributed by atoms with van der Waals surface area (Å²) < 4.78 is 43.8. The topological polar surface area (TPSA) is 41.6 Å². The van der Waals surface area contributed by atoms with Gasteiger partial charge in [-0.05, 0) is 37.1 Å². The van der Waals surface area contributed by atoms with E-state index in [9.17, 15) is 18.0 Å². The predicted molar refractivity (Wildman–Crippen MR) is 96.5 cm³/mol. The van der Waals surface area contributed by atoms with Gasteiger partial charge in [0.2, 0.25) is 5.91 Å². The minimum absolute atomic E-state index is 0.0625. The molecule has 0 bridgehead atoms. The summed E-state index contributed by atoms with van der Waals surface area (Å²) >= 11 is 0. The molecular weight excluding hydrogens is 357 g/mol. The third kappa shape index (κ3) is 4.93. The highest BCUT2D eigenvalue weighted by Crippen LogP contribution is 2.32. The van der Waals surface area contributed by atoms with Crippen LogP contribution in [0.25, 0.3) is 0 Å². The van der Waals surface area contributed by atoms with E-state index in [2.05, 4.69) is 5.32 Å². The highest BCUT2D eigenvalue weighted by Gasteiger charge is 2.33. The number of rotatable bonds is 7. The Balaban J connectivity index is 1.66. The summed E-state index contributed by atoms with van der Waals surface area (Å²) in [5.74, 6) is 0.558. The number of ether oxygens (including phenoxy) is 1. The van der Waals surface area contributed by atoms with Crippen LogP contribution >= 0.6 is 0 Å². The van der Waals surface area contributed by atoms with Gasteiger partial charge in [-0.25, -0.2) is 0 Å². The third-order valence-corrected chi connectivity index (χ3v) is 4.47. The number of carbonyl (C=O) groups is 1. The SMILES string of the molecule is COc1ccccc1CN(C(=O)CNc1cccc(C(F)(F)F)c1)C1CC1. The molecule has 4 nitrogen and oxygen atoms in total. The highest BCUT2D eigenvalue weighted by molar-refractivity contribution is 5.81. The van der Waals surface area contributed by atoms with Gasteiger partial charge in [0.15, 0.2) is 0 Å². The van der Waals surface area contributed by atoms with Crippen molar-refractivity contribution in [1.82, 2.24) is 4.90 Å². The molecule has 1 fully saturated rings. The molecule has 1 saturated carbocycles. The number of methoxy groups -OCH3 is 1. The first-order valence-electron chi connectivity index (χ1n) is 8.71. The van der Waals surface area contributed by atoms with Crippen molar-refractivity contribution in [2.24, 2.45) is 0 Å². The average Bonchev–Trinajstić information content (AvgIpc) is 3.49. The van der Waals surface area contributed by atoms with Crippen molar-refractivity contribution in [3.63, 3.8) is 0 Å². The largest absolute Gasteiger partial charge is 0.496 e. The molecule has 0 aliphatic heterocycles. The lowest BCUT2D eigenvalue weighted by atomic mass is 10.1. The molecule has 1 amide bonds. The number of alkyl halides is 3. The van der Waals surface area contributed by atoms with Crippen LogP contribution in [0.15, 0.2) is 48.5 Å². The van der Waals surface area contributed by atoms with Gasteiger partial charge in [-0.2, -0.15) is 13.2 Å². The first kappa shape index (κ1) is 19.1. The lowest BCUT2D eigenvalue weighted by Crippen LogP contribution is -2.37. The van der Waals surface area contributed by atoms with Gasteiger partial charge < -0.3 is 15.0 Å². The minimum atomic E-state index is -4.41. The number of halogens is 3. The number of benzene rings is 2. The van der Waals surface area contributed by atoms with E-state index in [-0.39, 0.29) is 24.2 Å². The van der Waals surface area contributed by atoms with Gasteiger partial charge in [0.25, 0.3) is 0 Å². The number of nitrogens with one attached hydrogen (secondary N) is 1. The number of amides is 1. The fraction of sp³-hybridized carbons (Fsp3) is 0.350. The Kier molecular flexibility index (Phi) is 5.58. The molecular formula is C20H21F3N2O2. The van der Waals surface area contributed by atoms with Crippen LogP contribution in [0, 0.1) is 0 Å². The summed E-state index contributed by atoms with van der Waals surface area (Å²) in [4.78, 5) is 14.4. The molecule has 0 unspecified atom stereocenters. The van der Waals surface area contributed by atoms with Gasteiger partial charge >= 0.3 is 6.18 Å². The van der Waals surface area contributed by atoms with Crippen molar-refractivity contribution in [3.8, 4) is 5.75 Å². The summed E-state index contributed by atoms with van der Waals surface area (Å²) in [6.45, 7) is 0.352. The maximum atomic E-state index is 12.8. The van der Waals surface area contributed by atoms with Gasteiger partial charge in [0, 0.05) is 23.8 Å². The van der Waals surface area contributed by atoms with E-state index < -0.39 is 11.7 Å². The molecule has 0 radical (unpaired) electrons. The molecule has 0 heterocycles. The molecule has 1 aliphatic rings. The van der Waals surface area contributed by atoms with E-state index in [1.54, 1.807) is 12.0 Å². The first-order chi connectivity index (χ1) is 12.9. The van der Waals surface area contributed by atoms with Crippen molar-refractivity contribution in [2.45, 2.75) is 31.6 Å². The zero-order valence-electron chi connectivity index (χ0n) is 14.9. The summed E-state index contributed by atoms with van der Waals surface area (Å²) in [6, 6.07) is 12.5. The normalized spacial score (nSPS) is 13.9. The van der Waals surface area contributed by atoms with E-state index in [4.69, 9.17) is 4.74 Å². The lowest BCUT2D eigenvalue weighted by Gasteiger charge is -2.24. The van der Waals surface area contributed by atoms with Gasteiger partial charge in [-0.1, -0.05) is 24.3 Å². The maximum absolute atomic E-state index is 12.8. The van der Waals surface area contributed by atoms with Crippen LogP contribution < -0.4 is 10.1 Å². The fourth-order valence-corrected chi connectivity index (χ4v) is 2.91. The molecule has 0 saturated heterocycles. The standard InChI is InChI=1S/C20H21F3N2O2/c1-27-18-8-3-2-5-14(18)13-25(17-9-10-17)19(26)12-24-16-7-4-6-15(11-16)20(21,22)23/h2-8,11,17,24H,9-10,12-13H2,1H3. The van der Waals surface area contributed by atoms with Crippen LogP contribution in [0.5, 0.6) is 5.75 Å². The van der Waals surface area contributed by atoms with Gasteiger partial charge in [-0.3, -0.25) is 4.79 Å². The summed E-state index contributed by atoms with van der Waals surface area (Å²) in [7, 11) is 1.58. The first-order valence-corrected chi connectivity index (χ1v) is 8.71. The van der Waals surface area contributed by atoms with Gasteiger partial charge in [0.05, 0.1) is 19.2 Å². The van der Waals surface area contributed by atoms with Crippen molar-refractivity contribution in [3.05, 3.63) is 59.7 Å². The molecule has 27 heavy (non-hydrogen) atoms. The molecule has 3 rings (SSSR count). The summed E-state index contributed by atoms with van der Waals surface area (Å²) in [5, 5.41) is 2.81. The molecule has 2 aromatic rings. The second-order valence-corrected chi connectivity index (χ2v) is 6.50. The van der Waals surface area contributed by atoms with Crippen molar-refractivity contribution in [2.75, 3.05) is 19.0 Å². The maximum Gasteiger partial charge on any atom is 0.416 e. The van der Waals surface area contributed by atoms with E-state index >= 15 is 0 Å². The van der Waals surface area contributed by atoms with E-state index in [1.807, 2.05) is 24.3 Å². The molecule has 144 valence electrons. The average molecular weight is 378 g/mol. The van der Waals surface area contributed by atoms with Crippen LogP contribution in [-0.4, -0.2) is 30.5 Å². The molecule has 0 spiro atoms. The number of para-hydroxylation sites is 1.